The summed E-state index contributed by atoms with van der Waals surface area (Å²) in [6.07, 6.45) is 0.761. The smallest absolute Gasteiger partial charge is 0.305 e. The second kappa shape index (κ2) is 3.40. The molecule has 6 heteroatoms. The first kappa shape index (κ1) is 11.4. The van der Waals surface area contributed by atoms with E-state index in [1.165, 1.54) is 13.8 Å². The molecule has 0 aliphatic carbocycles. The van der Waals surface area contributed by atoms with Crippen LogP contribution in [0.5, 0.6) is 0 Å². The number of rotatable bonds is 4. The molecule has 0 amide bonds. The Labute approximate surface area is 71.8 Å². The van der Waals surface area contributed by atoms with Crippen LogP contribution in [-0.4, -0.2) is 31.3 Å². The fourth-order valence-corrected chi connectivity index (χ4v) is 1.99. The Morgan fingerprint density at radius 3 is 2.17 bits per heavy atom. The number of carboxylic acid groups (broad SMARTS) is 1. The van der Waals surface area contributed by atoms with E-state index in [9.17, 15) is 13.2 Å². The molecule has 0 saturated carbocycles. The molecule has 5 nitrogen and oxygen atoms in total. The van der Waals surface area contributed by atoms with Gasteiger partial charge in [-0.05, 0) is 13.8 Å². The minimum atomic E-state index is -3.34. The molecule has 2 N–H and O–H groups in total. The topological polar surface area (TPSA) is 83.5 Å². The van der Waals surface area contributed by atoms with Crippen LogP contribution in [0, 0.1) is 0 Å². The average molecular weight is 195 g/mol. The molecule has 0 aliphatic heterocycles. The Balaban J connectivity index is 4.33. The van der Waals surface area contributed by atoms with Crippen LogP contribution >= 0.6 is 0 Å². The zero-order valence-corrected chi connectivity index (χ0v) is 8.10. The monoisotopic (exact) mass is 195 g/mol. The molecule has 0 aromatic heterocycles. The standard InChI is InChI=1S/C6H13NO4S/c1-6(2,4-5(8)9)7-12(3,10)11/h7H,4H2,1-3H3,(H,8,9). The van der Waals surface area contributed by atoms with Crippen molar-refractivity contribution in [1.29, 1.82) is 0 Å². The van der Waals surface area contributed by atoms with Crippen LogP contribution in [0.25, 0.3) is 0 Å². The normalized spacial score (nSPS) is 12.9. The van der Waals surface area contributed by atoms with Crippen molar-refractivity contribution in [2.45, 2.75) is 25.8 Å². The first-order valence-corrected chi connectivity index (χ1v) is 5.22. The van der Waals surface area contributed by atoms with Crippen molar-refractivity contribution in [3.8, 4) is 0 Å². The Hall–Kier alpha value is -0.620. The van der Waals surface area contributed by atoms with Gasteiger partial charge in [0.05, 0.1) is 12.7 Å². The van der Waals surface area contributed by atoms with E-state index in [-0.39, 0.29) is 6.42 Å². The highest BCUT2D eigenvalue weighted by molar-refractivity contribution is 7.88. The first-order valence-electron chi connectivity index (χ1n) is 3.33. The molecule has 0 bridgehead atoms. The quantitative estimate of drug-likeness (QED) is 0.650. The molecule has 0 aromatic rings. The fourth-order valence-electron chi connectivity index (χ4n) is 0.916. The predicted octanol–water partition coefficient (Wildman–Crippen LogP) is -0.211. The number of sulfonamides is 1. The summed E-state index contributed by atoms with van der Waals surface area (Å²) in [5.41, 5.74) is -0.931. The van der Waals surface area contributed by atoms with E-state index >= 15 is 0 Å². The molecule has 0 unspecified atom stereocenters. The van der Waals surface area contributed by atoms with E-state index in [1.54, 1.807) is 0 Å². The molecule has 0 aromatic carbocycles. The summed E-state index contributed by atoms with van der Waals surface area (Å²) < 4.78 is 23.7. The summed E-state index contributed by atoms with van der Waals surface area (Å²) in [4.78, 5) is 10.3. The zero-order chi connectivity index (χ0) is 9.99. The maximum absolute atomic E-state index is 10.7. The van der Waals surface area contributed by atoms with Gasteiger partial charge in [0.1, 0.15) is 0 Å². The molecular formula is C6H13NO4S. The van der Waals surface area contributed by atoms with Gasteiger partial charge >= 0.3 is 5.97 Å². The highest BCUT2D eigenvalue weighted by Crippen LogP contribution is 2.08. The zero-order valence-electron chi connectivity index (χ0n) is 7.29. The van der Waals surface area contributed by atoms with Crippen molar-refractivity contribution in [3.63, 3.8) is 0 Å². The summed E-state index contributed by atoms with van der Waals surface area (Å²) in [6.45, 7) is 3.03. The van der Waals surface area contributed by atoms with Crippen molar-refractivity contribution < 1.29 is 18.3 Å². The SMILES string of the molecule is CC(C)(CC(=O)O)NS(C)(=O)=O. The number of carboxylic acids is 1. The van der Waals surface area contributed by atoms with E-state index < -0.39 is 21.5 Å². The Kier molecular flexibility index (Phi) is 3.23. The van der Waals surface area contributed by atoms with E-state index in [2.05, 4.69) is 4.72 Å². The first-order chi connectivity index (χ1) is 5.12. The van der Waals surface area contributed by atoms with Gasteiger partial charge in [0.15, 0.2) is 0 Å². The Bertz CT molecular complexity index is 267. The van der Waals surface area contributed by atoms with Crippen LogP contribution < -0.4 is 4.72 Å². The summed E-state index contributed by atoms with van der Waals surface area (Å²) in [7, 11) is -3.34. The van der Waals surface area contributed by atoms with E-state index in [0.717, 1.165) is 6.26 Å². The number of carbonyl (C=O) groups is 1. The third-order valence-electron chi connectivity index (χ3n) is 1.05. The van der Waals surface area contributed by atoms with Crippen LogP contribution in [0.15, 0.2) is 0 Å². The van der Waals surface area contributed by atoms with Crippen molar-refractivity contribution in [2.75, 3.05) is 6.26 Å². The Morgan fingerprint density at radius 1 is 1.50 bits per heavy atom. The van der Waals surface area contributed by atoms with Crippen LogP contribution in [0.3, 0.4) is 0 Å². The summed E-state index contributed by atoms with van der Waals surface area (Å²) in [5.74, 6) is -1.03. The van der Waals surface area contributed by atoms with Gasteiger partial charge in [0.2, 0.25) is 10.0 Å². The van der Waals surface area contributed by atoms with Crippen LogP contribution in [-0.2, 0) is 14.8 Å². The average Bonchev–Trinajstić information content (AvgIpc) is 1.48. The Morgan fingerprint density at radius 2 is 1.92 bits per heavy atom. The van der Waals surface area contributed by atoms with Gasteiger partial charge < -0.3 is 5.11 Å². The lowest BCUT2D eigenvalue weighted by atomic mass is 10.0. The molecule has 0 radical (unpaired) electrons. The molecule has 0 rings (SSSR count). The molecule has 0 fully saturated rings. The van der Waals surface area contributed by atoms with Crippen molar-refractivity contribution in [1.82, 2.24) is 4.72 Å². The second-order valence-electron chi connectivity index (χ2n) is 3.33. The number of nitrogens with one attached hydrogen (secondary N) is 1. The van der Waals surface area contributed by atoms with Gasteiger partial charge in [-0.3, -0.25) is 4.79 Å². The second-order valence-corrected chi connectivity index (χ2v) is 5.08. The van der Waals surface area contributed by atoms with Crippen LogP contribution in [0.1, 0.15) is 20.3 Å². The van der Waals surface area contributed by atoms with Crippen molar-refractivity contribution >= 4 is 16.0 Å². The summed E-state index contributed by atoms with van der Waals surface area (Å²) >= 11 is 0. The molecule has 0 aliphatic rings. The summed E-state index contributed by atoms with van der Waals surface area (Å²) in [5, 5.41) is 8.41. The number of aliphatic carboxylic acids is 1. The van der Waals surface area contributed by atoms with Crippen LogP contribution in [0.4, 0.5) is 0 Å². The third kappa shape index (κ3) is 6.11. The lowest BCUT2D eigenvalue weighted by molar-refractivity contribution is -0.138. The molecule has 12 heavy (non-hydrogen) atoms. The largest absolute Gasteiger partial charge is 0.481 e. The fraction of sp³-hybridized carbons (Fsp3) is 0.833. The third-order valence-corrected chi connectivity index (χ3v) is 1.98. The number of hydrogen-bond donors (Lipinski definition) is 2. The number of hydrogen-bond acceptors (Lipinski definition) is 3. The lowest BCUT2D eigenvalue weighted by Gasteiger charge is -2.22. The van der Waals surface area contributed by atoms with Crippen molar-refractivity contribution in [3.05, 3.63) is 0 Å². The predicted molar refractivity (Wildman–Crippen MR) is 44.3 cm³/mol. The highest BCUT2D eigenvalue weighted by Gasteiger charge is 2.24. The molecule has 0 spiro atoms. The van der Waals surface area contributed by atoms with E-state index in [4.69, 9.17) is 5.11 Å². The van der Waals surface area contributed by atoms with Gasteiger partial charge in [0.25, 0.3) is 0 Å². The lowest BCUT2D eigenvalue weighted by Crippen LogP contribution is -2.44. The minimum absolute atomic E-state index is 0.236. The van der Waals surface area contributed by atoms with Gasteiger partial charge in [-0.1, -0.05) is 0 Å². The van der Waals surface area contributed by atoms with Crippen molar-refractivity contribution in [2.24, 2.45) is 0 Å². The van der Waals surface area contributed by atoms with Crippen LogP contribution in [0.2, 0.25) is 0 Å². The maximum atomic E-state index is 10.7. The molecule has 0 heterocycles. The molecule has 0 atom stereocenters. The van der Waals surface area contributed by atoms with Gasteiger partial charge in [-0.2, -0.15) is 0 Å². The van der Waals surface area contributed by atoms with E-state index in [0.29, 0.717) is 0 Å². The highest BCUT2D eigenvalue weighted by atomic mass is 32.2. The van der Waals surface area contributed by atoms with Gasteiger partial charge in [-0.25, -0.2) is 13.1 Å². The van der Waals surface area contributed by atoms with E-state index in [1.807, 2.05) is 0 Å². The molecular weight excluding hydrogens is 182 g/mol. The molecule has 72 valence electrons. The van der Waals surface area contributed by atoms with Gasteiger partial charge in [-0.15, -0.1) is 0 Å². The minimum Gasteiger partial charge on any atom is -0.481 e. The van der Waals surface area contributed by atoms with Gasteiger partial charge in [0, 0.05) is 5.54 Å². The maximum Gasteiger partial charge on any atom is 0.305 e. The summed E-state index contributed by atoms with van der Waals surface area (Å²) in [6, 6.07) is 0. The molecule has 0 saturated heterocycles.